The first-order valence-electron chi connectivity index (χ1n) is 4.47. The zero-order valence-corrected chi connectivity index (χ0v) is 9.34. The molecule has 2 aromatic rings. The highest BCUT2D eigenvalue weighted by atomic mass is 32.2. The maximum Gasteiger partial charge on any atom is 0.262 e. The molecule has 2 rings (SSSR count). The lowest BCUT2D eigenvalue weighted by Gasteiger charge is -2.00. The molecule has 0 spiro atoms. The third kappa shape index (κ3) is 2.30. The molecular weight excluding hydrogens is 210 g/mol. The fourth-order valence-corrected chi connectivity index (χ4v) is 1.87. The second kappa shape index (κ2) is 3.94. The second-order valence-electron chi connectivity index (χ2n) is 3.24. The minimum atomic E-state index is 0.601. The van der Waals surface area contributed by atoms with Crippen molar-refractivity contribution in [1.29, 1.82) is 0 Å². The molecule has 2 aromatic heterocycles. The Balaban J connectivity index is 2.21. The minimum absolute atomic E-state index is 0.601. The van der Waals surface area contributed by atoms with E-state index in [2.05, 4.69) is 9.97 Å². The summed E-state index contributed by atoms with van der Waals surface area (Å²) in [6.45, 7) is 3.83. The summed E-state index contributed by atoms with van der Waals surface area (Å²) in [6, 6.07) is 1.92. The maximum absolute atomic E-state index is 5.68. The van der Waals surface area contributed by atoms with Crippen molar-refractivity contribution >= 4 is 17.4 Å². The van der Waals surface area contributed by atoms with Gasteiger partial charge in [0.25, 0.3) is 5.22 Å². The van der Waals surface area contributed by atoms with Crippen LogP contribution in [-0.4, -0.2) is 9.97 Å². The van der Waals surface area contributed by atoms with Gasteiger partial charge in [-0.1, -0.05) is 0 Å². The summed E-state index contributed by atoms with van der Waals surface area (Å²) in [5.41, 5.74) is 8.25. The van der Waals surface area contributed by atoms with Gasteiger partial charge in [-0.25, -0.2) is 9.97 Å². The summed E-state index contributed by atoms with van der Waals surface area (Å²) < 4.78 is 5.22. The molecule has 0 aliphatic rings. The van der Waals surface area contributed by atoms with Gasteiger partial charge in [0, 0.05) is 0 Å². The maximum atomic E-state index is 5.68. The average Bonchev–Trinajstić information content (AvgIpc) is 2.58. The molecular formula is C10H11N3OS. The van der Waals surface area contributed by atoms with Crippen LogP contribution in [0.2, 0.25) is 0 Å². The standard InChI is InChI=1S/C10H11N3OS/c1-6-3-9(12-4-8(6)11)15-10-13-7(2)5-14-10/h3-5H,11H2,1-2H3. The minimum Gasteiger partial charge on any atom is -0.439 e. The number of pyridine rings is 1. The van der Waals surface area contributed by atoms with Crippen molar-refractivity contribution in [3.8, 4) is 0 Å². The molecule has 0 saturated heterocycles. The molecule has 5 heteroatoms. The van der Waals surface area contributed by atoms with Crippen LogP contribution in [0.3, 0.4) is 0 Å². The number of hydrogen-bond donors (Lipinski definition) is 1. The number of oxazole rings is 1. The fraction of sp³-hybridized carbons (Fsp3) is 0.200. The molecule has 0 aliphatic heterocycles. The van der Waals surface area contributed by atoms with Gasteiger partial charge >= 0.3 is 0 Å². The number of anilines is 1. The lowest BCUT2D eigenvalue weighted by atomic mass is 10.3. The van der Waals surface area contributed by atoms with Crippen molar-refractivity contribution in [3.05, 3.63) is 29.8 Å². The van der Waals surface area contributed by atoms with Gasteiger partial charge in [-0.15, -0.1) is 0 Å². The number of nitrogen functional groups attached to an aromatic ring is 1. The van der Waals surface area contributed by atoms with Gasteiger partial charge in [0.15, 0.2) is 0 Å². The smallest absolute Gasteiger partial charge is 0.262 e. The van der Waals surface area contributed by atoms with E-state index in [1.54, 1.807) is 12.5 Å². The predicted molar refractivity (Wildman–Crippen MR) is 58.7 cm³/mol. The zero-order valence-electron chi connectivity index (χ0n) is 8.52. The van der Waals surface area contributed by atoms with Crippen molar-refractivity contribution in [3.63, 3.8) is 0 Å². The van der Waals surface area contributed by atoms with Crippen LogP contribution in [0, 0.1) is 13.8 Å². The van der Waals surface area contributed by atoms with Gasteiger partial charge in [-0.3, -0.25) is 0 Å². The van der Waals surface area contributed by atoms with E-state index in [4.69, 9.17) is 10.2 Å². The quantitative estimate of drug-likeness (QED) is 0.843. The highest BCUT2D eigenvalue weighted by Crippen LogP contribution is 2.26. The van der Waals surface area contributed by atoms with Gasteiger partial charge in [-0.2, -0.15) is 0 Å². The molecule has 0 aliphatic carbocycles. The first-order valence-corrected chi connectivity index (χ1v) is 5.29. The first kappa shape index (κ1) is 10.0. The molecule has 78 valence electrons. The Morgan fingerprint density at radius 3 is 2.80 bits per heavy atom. The molecule has 0 radical (unpaired) electrons. The monoisotopic (exact) mass is 221 g/mol. The van der Waals surface area contributed by atoms with Crippen molar-refractivity contribution in [2.75, 3.05) is 5.73 Å². The first-order chi connectivity index (χ1) is 7.15. The average molecular weight is 221 g/mol. The molecule has 0 amide bonds. The molecule has 0 fully saturated rings. The number of rotatable bonds is 2. The van der Waals surface area contributed by atoms with Crippen LogP contribution in [0.5, 0.6) is 0 Å². The van der Waals surface area contributed by atoms with Crippen LogP contribution in [0.25, 0.3) is 0 Å². The van der Waals surface area contributed by atoms with Crippen molar-refractivity contribution in [2.24, 2.45) is 0 Å². The fourth-order valence-electron chi connectivity index (χ4n) is 1.07. The van der Waals surface area contributed by atoms with E-state index in [0.717, 1.165) is 16.3 Å². The van der Waals surface area contributed by atoms with Gasteiger partial charge in [0.2, 0.25) is 0 Å². The SMILES string of the molecule is Cc1coc(Sc2cc(C)c(N)cn2)n1. The second-order valence-corrected chi connectivity index (χ2v) is 4.21. The van der Waals surface area contributed by atoms with E-state index in [-0.39, 0.29) is 0 Å². The van der Waals surface area contributed by atoms with Crippen molar-refractivity contribution in [2.45, 2.75) is 24.1 Å². The number of aromatic nitrogens is 2. The number of hydrogen-bond acceptors (Lipinski definition) is 5. The van der Waals surface area contributed by atoms with Crippen molar-refractivity contribution in [1.82, 2.24) is 9.97 Å². The highest BCUT2D eigenvalue weighted by molar-refractivity contribution is 7.99. The third-order valence-corrected chi connectivity index (χ3v) is 2.71. The van der Waals surface area contributed by atoms with Crippen LogP contribution in [0.15, 0.2) is 33.2 Å². The molecule has 15 heavy (non-hydrogen) atoms. The predicted octanol–water partition coefficient (Wildman–Crippen LogP) is 2.42. The Morgan fingerprint density at radius 2 is 2.20 bits per heavy atom. The summed E-state index contributed by atoms with van der Waals surface area (Å²) in [4.78, 5) is 8.36. The summed E-state index contributed by atoms with van der Waals surface area (Å²) in [5, 5.41) is 1.44. The molecule has 0 aromatic carbocycles. The Morgan fingerprint density at radius 1 is 1.40 bits per heavy atom. The number of aryl methyl sites for hydroxylation is 2. The van der Waals surface area contributed by atoms with E-state index in [1.165, 1.54) is 11.8 Å². The summed E-state index contributed by atoms with van der Waals surface area (Å²) >= 11 is 1.39. The van der Waals surface area contributed by atoms with Crippen LogP contribution in [-0.2, 0) is 0 Å². The highest BCUT2D eigenvalue weighted by Gasteiger charge is 2.05. The van der Waals surface area contributed by atoms with Gasteiger partial charge in [0.05, 0.1) is 17.6 Å². The normalized spacial score (nSPS) is 10.5. The lowest BCUT2D eigenvalue weighted by molar-refractivity contribution is 0.454. The molecule has 2 N–H and O–H groups in total. The van der Waals surface area contributed by atoms with Crippen molar-refractivity contribution < 1.29 is 4.42 Å². The van der Waals surface area contributed by atoms with Gasteiger partial charge in [-0.05, 0) is 37.2 Å². The summed E-state index contributed by atoms with van der Waals surface area (Å²) in [7, 11) is 0. The van der Waals surface area contributed by atoms with Crippen LogP contribution >= 0.6 is 11.8 Å². The Bertz CT molecular complexity index is 481. The Hall–Kier alpha value is -1.49. The number of nitrogens with two attached hydrogens (primary N) is 1. The van der Waals surface area contributed by atoms with E-state index in [0.29, 0.717) is 10.9 Å². The van der Waals surface area contributed by atoms with E-state index < -0.39 is 0 Å². The summed E-state index contributed by atoms with van der Waals surface area (Å²) in [6.07, 6.45) is 3.26. The molecule has 0 unspecified atom stereocenters. The van der Waals surface area contributed by atoms with Crippen LogP contribution in [0.1, 0.15) is 11.3 Å². The third-order valence-electron chi connectivity index (χ3n) is 1.92. The Labute approximate surface area is 91.9 Å². The molecule has 0 atom stereocenters. The van der Waals surface area contributed by atoms with E-state index >= 15 is 0 Å². The number of nitrogens with zero attached hydrogens (tertiary/aromatic N) is 2. The van der Waals surface area contributed by atoms with Crippen LogP contribution < -0.4 is 5.73 Å². The lowest BCUT2D eigenvalue weighted by Crippen LogP contribution is -1.91. The molecule has 0 bridgehead atoms. The largest absolute Gasteiger partial charge is 0.439 e. The molecule has 2 heterocycles. The summed E-state index contributed by atoms with van der Waals surface area (Å²) in [5.74, 6) is 0. The molecule has 0 saturated carbocycles. The Kier molecular flexibility index (Phi) is 2.64. The zero-order chi connectivity index (χ0) is 10.8. The van der Waals surface area contributed by atoms with Gasteiger partial charge in [0.1, 0.15) is 11.3 Å². The van der Waals surface area contributed by atoms with Gasteiger partial charge < -0.3 is 10.2 Å². The van der Waals surface area contributed by atoms with E-state index in [9.17, 15) is 0 Å². The van der Waals surface area contributed by atoms with Crippen LogP contribution in [0.4, 0.5) is 5.69 Å². The topological polar surface area (TPSA) is 64.9 Å². The van der Waals surface area contributed by atoms with E-state index in [1.807, 2.05) is 19.9 Å². The molecule has 4 nitrogen and oxygen atoms in total.